The van der Waals surface area contributed by atoms with Gasteiger partial charge in [0, 0.05) is 44.3 Å². The molecule has 0 saturated heterocycles. The van der Waals surface area contributed by atoms with E-state index < -0.39 is 11.7 Å². The average Bonchev–Trinajstić information content (AvgIpc) is 3.57. The molecule has 1 aliphatic carbocycles. The highest BCUT2D eigenvalue weighted by Gasteiger charge is 2.42. The second kappa shape index (κ2) is 9.99. The molecule has 2 amide bonds. The average molecular weight is 425 g/mol. The minimum atomic E-state index is -0.767. The van der Waals surface area contributed by atoms with Crippen LogP contribution in [0.5, 0.6) is 0 Å². The van der Waals surface area contributed by atoms with Crippen LogP contribution >= 0.6 is 0 Å². The number of nitrogens with one attached hydrogen (secondary N) is 1. The first-order valence-electron chi connectivity index (χ1n) is 11.1. The summed E-state index contributed by atoms with van der Waals surface area (Å²) < 4.78 is 0. The van der Waals surface area contributed by atoms with Gasteiger partial charge in [-0.25, -0.2) is 0 Å². The summed E-state index contributed by atoms with van der Waals surface area (Å²) in [5, 5.41) is 19.5. The van der Waals surface area contributed by atoms with E-state index in [9.17, 15) is 9.59 Å². The van der Waals surface area contributed by atoms with E-state index in [1.54, 1.807) is 11.9 Å². The molecule has 0 radical (unpaired) electrons. The van der Waals surface area contributed by atoms with Crippen molar-refractivity contribution in [3.05, 3.63) is 23.0 Å². The van der Waals surface area contributed by atoms with Crippen LogP contribution in [0.1, 0.15) is 74.4 Å². The second-order valence-electron chi connectivity index (χ2n) is 8.55. The minimum absolute atomic E-state index is 0.0231. The van der Waals surface area contributed by atoms with Gasteiger partial charge < -0.3 is 10.2 Å². The van der Waals surface area contributed by atoms with E-state index in [-0.39, 0.29) is 17.7 Å². The lowest BCUT2D eigenvalue weighted by atomic mass is 9.87. The first-order chi connectivity index (χ1) is 14.9. The third-order valence-electron chi connectivity index (χ3n) is 6.28. The number of aromatic nitrogens is 2. The molecule has 31 heavy (non-hydrogen) atoms. The van der Waals surface area contributed by atoms with E-state index in [0.717, 1.165) is 32.1 Å². The van der Waals surface area contributed by atoms with Crippen LogP contribution in [0.15, 0.2) is 16.3 Å². The van der Waals surface area contributed by atoms with Crippen LogP contribution in [0.4, 0.5) is 0 Å². The van der Waals surface area contributed by atoms with Gasteiger partial charge in [-0.05, 0) is 32.8 Å². The van der Waals surface area contributed by atoms with Crippen molar-refractivity contribution in [3.63, 3.8) is 0 Å². The van der Waals surface area contributed by atoms with Crippen LogP contribution in [-0.2, 0) is 9.59 Å². The van der Waals surface area contributed by atoms with Crippen LogP contribution in [0.3, 0.4) is 0 Å². The molecule has 1 atom stereocenters. The molecule has 0 bridgehead atoms. The summed E-state index contributed by atoms with van der Waals surface area (Å²) in [6.07, 6.45) is 12.2. The maximum absolute atomic E-state index is 13.7. The fraction of sp³-hybridized carbons (Fsp3) is 0.652. The fourth-order valence-corrected chi connectivity index (χ4v) is 4.35. The van der Waals surface area contributed by atoms with Crippen molar-refractivity contribution in [3.8, 4) is 12.3 Å². The quantitative estimate of drug-likeness (QED) is 0.615. The highest BCUT2D eigenvalue weighted by Crippen LogP contribution is 2.38. The van der Waals surface area contributed by atoms with Gasteiger partial charge in [0.25, 0.3) is 0 Å². The number of terminal acetylenes is 1. The fourth-order valence-electron chi connectivity index (χ4n) is 4.35. The Bertz CT molecular complexity index is 879. The predicted molar refractivity (Wildman–Crippen MR) is 117 cm³/mol. The molecular weight excluding hydrogens is 392 g/mol. The van der Waals surface area contributed by atoms with Crippen LogP contribution in [0.2, 0.25) is 0 Å². The van der Waals surface area contributed by atoms with Crippen LogP contribution in [-0.4, -0.2) is 46.2 Å². The Hall–Kier alpha value is -2.82. The number of likely N-dealkylation sites (N-methyl/N-ethyl adjacent to an activating group) is 1. The first kappa shape index (κ1) is 22.9. The molecule has 2 heterocycles. The Labute approximate surface area is 184 Å². The molecule has 1 saturated carbocycles. The van der Waals surface area contributed by atoms with E-state index in [0.29, 0.717) is 42.8 Å². The lowest BCUT2D eigenvalue weighted by molar-refractivity contribution is -0.145. The normalized spacial score (nSPS) is 18.1. The first-order valence-corrected chi connectivity index (χ1v) is 11.1. The molecule has 1 fully saturated rings. The summed E-state index contributed by atoms with van der Waals surface area (Å²) >= 11 is 0. The van der Waals surface area contributed by atoms with Gasteiger partial charge in [-0.3, -0.25) is 9.59 Å². The van der Waals surface area contributed by atoms with Gasteiger partial charge in [0.1, 0.15) is 6.04 Å². The van der Waals surface area contributed by atoms with Crippen molar-refractivity contribution in [2.45, 2.75) is 76.9 Å². The molecule has 1 aliphatic heterocycles. The maximum Gasteiger partial charge on any atom is 0.247 e. The monoisotopic (exact) mass is 424 g/mol. The van der Waals surface area contributed by atoms with Crippen molar-refractivity contribution in [2.75, 3.05) is 13.6 Å². The SMILES string of the molecule is C#CCCC1(CCN(C(=O)C2CCCCC2)C(C(=O)NC)c2cc(C)nnc2C)N=N1. The molecule has 0 spiro atoms. The molecule has 1 unspecified atom stereocenters. The highest BCUT2D eigenvalue weighted by molar-refractivity contribution is 5.89. The Morgan fingerprint density at radius 2 is 1.94 bits per heavy atom. The molecule has 166 valence electrons. The number of aryl methyl sites for hydroxylation is 2. The second-order valence-corrected chi connectivity index (χ2v) is 8.55. The van der Waals surface area contributed by atoms with Gasteiger partial charge >= 0.3 is 0 Å². The lowest BCUT2D eigenvalue weighted by Gasteiger charge is -2.35. The van der Waals surface area contributed by atoms with Gasteiger partial charge in [-0.1, -0.05) is 19.3 Å². The van der Waals surface area contributed by atoms with E-state index in [1.807, 2.05) is 19.9 Å². The van der Waals surface area contributed by atoms with Gasteiger partial charge in [0.05, 0.1) is 11.4 Å². The zero-order chi connectivity index (χ0) is 22.4. The third-order valence-corrected chi connectivity index (χ3v) is 6.28. The van der Waals surface area contributed by atoms with E-state index >= 15 is 0 Å². The Morgan fingerprint density at radius 3 is 2.55 bits per heavy atom. The molecule has 1 aromatic heterocycles. The van der Waals surface area contributed by atoms with Gasteiger partial charge in [0.15, 0.2) is 5.66 Å². The number of carbonyl (C=O) groups excluding carboxylic acids is 2. The van der Waals surface area contributed by atoms with Crippen molar-refractivity contribution in [1.82, 2.24) is 20.4 Å². The largest absolute Gasteiger partial charge is 0.357 e. The van der Waals surface area contributed by atoms with Crippen LogP contribution < -0.4 is 5.32 Å². The van der Waals surface area contributed by atoms with Crippen molar-refractivity contribution in [2.24, 2.45) is 16.1 Å². The number of rotatable bonds is 9. The lowest BCUT2D eigenvalue weighted by Crippen LogP contribution is -2.47. The molecule has 8 heteroatoms. The predicted octanol–water partition coefficient (Wildman–Crippen LogP) is 3.26. The molecule has 8 nitrogen and oxygen atoms in total. The molecule has 0 aromatic carbocycles. The molecule has 2 aliphatic rings. The van der Waals surface area contributed by atoms with Crippen molar-refractivity contribution < 1.29 is 9.59 Å². The summed E-state index contributed by atoms with van der Waals surface area (Å²) in [6, 6.07) is 1.08. The summed E-state index contributed by atoms with van der Waals surface area (Å²) in [4.78, 5) is 28.5. The number of hydrogen-bond acceptors (Lipinski definition) is 6. The summed E-state index contributed by atoms with van der Waals surface area (Å²) in [6.45, 7) is 4.04. The zero-order valence-electron chi connectivity index (χ0n) is 18.7. The molecule has 1 N–H and O–H groups in total. The van der Waals surface area contributed by atoms with E-state index in [2.05, 4.69) is 31.7 Å². The summed E-state index contributed by atoms with van der Waals surface area (Å²) in [5.41, 5.74) is 1.53. The van der Waals surface area contributed by atoms with Gasteiger partial charge in [-0.15, -0.1) is 12.3 Å². The molecular formula is C23H32N6O2. The number of carbonyl (C=O) groups is 2. The Morgan fingerprint density at radius 1 is 1.23 bits per heavy atom. The maximum atomic E-state index is 13.7. The van der Waals surface area contributed by atoms with Crippen LogP contribution in [0.25, 0.3) is 0 Å². The third kappa shape index (κ3) is 5.46. The van der Waals surface area contributed by atoms with Crippen molar-refractivity contribution >= 4 is 11.8 Å². The standard InChI is InChI=1S/C23H32N6O2/c1-5-6-12-23(27-28-23)13-14-29(22(31)18-10-8-7-9-11-18)20(21(30)24-4)19-15-16(2)25-26-17(19)3/h1,15,18,20H,6-14H2,2-4H3,(H,24,30). The van der Waals surface area contributed by atoms with Crippen molar-refractivity contribution in [1.29, 1.82) is 0 Å². The van der Waals surface area contributed by atoms with E-state index in [1.165, 1.54) is 0 Å². The van der Waals surface area contributed by atoms with Crippen LogP contribution in [0, 0.1) is 32.1 Å². The molecule has 1 aromatic rings. The van der Waals surface area contributed by atoms with Gasteiger partial charge in [-0.2, -0.15) is 20.4 Å². The number of amides is 2. The minimum Gasteiger partial charge on any atom is -0.357 e. The number of hydrogen-bond donors (Lipinski definition) is 1. The Balaban J connectivity index is 1.92. The van der Waals surface area contributed by atoms with Gasteiger partial charge in [0.2, 0.25) is 11.8 Å². The Kier molecular flexibility index (Phi) is 7.37. The topological polar surface area (TPSA) is 99.9 Å². The highest BCUT2D eigenvalue weighted by atomic mass is 16.2. The molecule has 3 rings (SSSR count). The van der Waals surface area contributed by atoms with E-state index in [4.69, 9.17) is 6.42 Å². The zero-order valence-corrected chi connectivity index (χ0v) is 18.7. The number of nitrogens with zero attached hydrogens (tertiary/aromatic N) is 5. The summed E-state index contributed by atoms with van der Waals surface area (Å²) in [5.74, 6) is 2.36. The smallest absolute Gasteiger partial charge is 0.247 e. The summed E-state index contributed by atoms with van der Waals surface area (Å²) in [7, 11) is 1.59.